The molecule has 1 aromatic heterocycles. The summed E-state index contributed by atoms with van der Waals surface area (Å²) in [6.45, 7) is 1.49. The van der Waals surface area contributed by atoms with Crippen LogP contribution in [0.5, 0.6) is 0 Å². The Balaban J connectivity index is 1.34. The van der Waals surface area contributed by atoms with Gasteiger partial charge < -0.3 is 14.7 Å². The van der Waals surface area contributed by atoms with Gasteiger partial charge in [0, 0.05) is 31.4 Å². The molecule has 2 heterocycles. The zero-order chi connectivity index (χ0) is 21.4. The van der Waals surface area contributed by atoms with E-state index in [2.05, 4.69) is 51.2 Å². The Kier molecular flexibility index (Phi) is 5.27. The van der Waals surface area contributed by atoms with Crippen molar-refractivity contribution < 1.29 is 4.79 Å². The standard InChI is InChI=1S/C25H29N5O/c1-28-23-14-9-19(15-26)27-25(23)30(17-24(28)31)22-12-10-21(11-13-22)29(16-18-7-8-18)20-5-3-2-4-6-20/h2-6,9,14,18,21-22H,7-8,10-13,16-17H2,1H3. The van der Waals surface area contributed by atoms with Gasteiger partial charge in [-0.15, -0.1) is 0 Å². The van der Waals surface area contributed by atoms with E-state index in [4.69, 9.17) is 0 Å². The van der Waals surface area contributed by atoms with Gasteiger partial charge in [-0.25, -0.2) is 4.98 Å². The molecule has 6 heteroatoms. The van der Waals surface area contributed by atoms with E-state index in [9.17, 15) is 10.1 Å². The number of hydrogen-bond acceptors (Lipinski definition) is 5. The van der Waals surface area contributed by atoms with Crippen LogP contribution in [0.15, 0.2) is 42.5 Å². The maximum absolute atomic E-state index is 12.6. The molecular weight excluding hydrogens is 386 g/mol. The van der Waals surface area contributed by atoms with Crippen molar-refractivity contribution in [2.24, 2.45) is 5.92 Å². The largest absolute Gasteiger partial charge is 0.368 e. The number of benzene rings is 1. The highest BCUT2D eigenvalue weighted by Crippen LogP contribution is 2.39. The topological polar surface area (TPSA) is 63.5 Å². The smallest absolute Gasteiger partial charge is 0.246 e. The summed E-state index contributed by atoms with van der Waals surface area (Å²) in [4.78, 5) is 23.7. The number of hydrogen-bond donors (Lipinski definition) is 0. The third kappa shape index (κ3) is 3.97. The van der Waals surface area contributed by atoms with Gasteiger partial charge in [0.15, 0.2) is 5.82 Å². The first-order valence-corrected chi connectivity index (χ1v) is 11.4. The number of fused-ring (bicyclic) bond motifs is 1. The third-order valence-electron chi connectivity index (χ3n) is 7.07. The number of pyridine rings is 1. The Morgan fingerprint density at radius 1 is 1.06 bits per heavy atom. The average molecular weight is 416 g/mol. The summed E-state index contributed by atoms with van der Waals surface area (Å²) in [7, 11) is 1.79. The van der Waals surface area contributed by atoms with E-state index >= 15 is 0 Å². The van der Waals surface area contributed by atoms with Crippen LogP contribution in [0.1, 0.15) is 44.2 Å². The van der Waals surface area contributed by atoms with Crippen molar-refractivity contribution in [2.75, 3.05) is 34.8 Å². The molecule has 2 fully saturated rings. The Labute approximate surface area is 184 Å². The number of likely N-dealkylation sites (N-methyl/N-ethyl adjacent to an activating group) is 1. The van der Waals surface area contributed by atoms with Crippen molar-refractivity contribution in [3.63, 3.8) is 0 Å². The third-order valence-corrected chi connectivity index (χ3v) is 7.07. The minimum atomic E-state index is 0.0841. The van der Waals surface area contributed by atoms with E-state index in [-0.39, 0.29) is 11.9 Å². The summed E-state index contributed by atoms with van der Waals surface area (Å²) in [6.07, 6.45) is 7.00. The number of aromatic nitrogens is 1. The monoisotopic (exact) mass is 415 g/mol. The van der Waals surface area contributed by atoms with Crippen LogP contribution in [0.3, 0.4) is 0 Å². The Morgan fingerprint density at radius 2 is 1.81 bits per heavy atom. The first kappa shape index (κ1) is 19.9. The number of carbonyl (C=O) groups is 1. The van der Waals surface area contributed by atoms with Crippen molar-refractivity contribution in [1.29, 1.82) is 5.26 Å². The summed E-state index contributed by atoms with van der Waals surface area (Å²) >= 11 is 0. The van der Waals surface area contributed by atoms with E-state index in [0.717, 1.165) is 49.7 Å². The van der Waals surface area contributed by atoms with Crippen LogP contribution in [-0.2, 0) is 4.79 Å². The summed E-state index contributed by atoms with van der Waals surface area (Å²) in [5, 5.41) is 9.32. The number of rotatable bonds is 5. The molecule has 2 aliphatic carbocycles. The summed E-state index contributed by atoms with van der Waals surface area (Å²) in [5.74, 6) is 1.71. The zero-order valence-electron chi connectivity index (χ0n) is 18.1. The summed E-state index contributed by atoms with van der Waals surface area (Å²) < 4.78 is 0. The highest BCUT2D eigenvalue weighted by molar-refractivity contribution is 6.02. The molecule has 0 radical (unpaired) electrons. The predicted octanol–water partition coefficient (Wildman–Crippen LogP) is 3.96. The molecule has 6 nitrogen and oxygen atoms in total. The lowest BCUT2D eigenvalue weighted by atomic mass is 9.88. The van der Waals surface area contributed by atoms with E-state index in [1.165, 1.54) is 18.5 Å². The molecular formula is C25H29N5O. The quantitative estimate of drug-likeness (QED) is 0.740. The second-order valence-electron chi connectivity index (χ2n) is 9.13. The highest BCUT2D eigenvalue weighted by Gasteiger charge is 2.37. The fourth-order valence-corrected chi connectivity index (χ4v) is 5.08. The predicted molar refractivity (Wildman–Crippen MR) is 122 cm³/mol. The van der Waals surface area contributed by atoms with E-state index in [1.807, 2.05) is 6.07 Å². The molecule has 0 unspecified atom stereocenters. The van der Waals surface area contributed by atoms with E-state index in [1.54, 1.807) is 18.0 Å². The molecule has 1 aliphatic heterocycles. The van der Waals surface area contributed by atoms with Gasteiger partial charge in [-0.2, -0.15) is 5.26 Å². The molecule has 1 aromatic carbocycles. The number of anilines is 3. The SMILES string of the molecule is CN1C(=O)CN(C2CCC(N(CC3CC3)c3ccccc3)CC2)c2nc(C#N)ccc21. The normalized spacial score (nSPS) is 23.3. The first-order chi connectivity index (χ1) is 15.1. The van der Waals surface area contributed by atoms with Crippen LogP contribution in [0.25, 0.3) is 0 Å². The molecule has 0 spiro atoms. The Morgan fingerprint density at radius 3 is 2.48 bits per heavy atom. The van der Waals surface area contributed by atoms with Crippen molar-refractivity contribution in [3.05, 3.63) is 48.2 Å². The number of amides is 1. The highest BCUT2D eigenvalue weighted by atomic mass is 16.2. The van der Waals surface area contributed by atoms with E-state index in [0.29, 0.717) is 18.3 Å². The average Bonchev–Trinajstić information content (AvgIpc) is 3.64. The molecule has 2 aromatic rings. The van der Waals surface area contributed by atoms with Gasteiger partial charge in [-0.3, -0.25) is 4.79 Å². The number of nitriles is 1. The van der Waals surface area contributed by atoms with Crippen LogP contribution < -0.4 is 14.7 Å². The molecule has 160 valence electrons. The molecule has 5 rings (SSSR count). The second kappa shape index (κ2) is 8.22. The lowest BCUT2D eigenvalue weighted by Crippen LogP contribution is -2.51. The summed E-state index contributed by atoms with van der Waals surface area (Å²) in [5.41, 5.74) is 2.54. The Bertz CT molecular complexity index is 989. The van der Waals surface area contributed by atoms with Crippen LogP contribution in [0.2, 0.25) is 0 Å². The fraction of sp³-hybridized carbons (Fsp3) is 0.480. The zero-order valence-corrected chi connectivity index (χ0v) is 18.1. The number of para-hydroxylation sites is 1. The van der Waals surface area contributed by atoms with Gasteiger partial charge >= 0.3 is 0 Å². The van der Waals surface area contributed by atoms with Gasteiger partial charge in [0.1, 0.15) is 11.8 Å². The second-order valence-corrected chi connectivity index (χ2v) is 9.13. The molecule has 3 aliphatic rings. The van der Waals surface area contributed by atoms with Crippen LogP contribution >= 0.6 is 0 Å². The van der Waals surface area contributed by atoms with Crippen molar-refractivity contribution in [3.8, 4) is 6.07 Å². The number of carbonyl (C=O) groups excluding carboxylic acids is 1. The van der Waals surface area contributed by atoms with Crippen LogP contribution in [-0.4, -0.2) is 43.1 Å². The maximum Gasteiger partial charge on any atom is 0.246 e. The van der Waals surface area contributed by atoms with Gasteiger partial charge in [0.05, 0.1) is 12.2 Å². The molecule has 0 bridgehead atoms. The van der Waals surface area contributed by atoms with Gasteiger partial charge in [0.2, 0.25) is 5.91 Å². The van der Waals surface area contributed by atoms with Crippen molar-refractivity contribution >= 4 is 23.1 Å². The fourth-order valence-electron chi connectivity index (χ4n) is 5.08. The first-order valence-electron chi connectivity index (χ1n) is 11.4. The van der Waals surface area contributed by atoms with Crippen molar-refractivity contribution in [2.45, 2.75) is 50.6 Å². The maximum atomic E-state index is 12.6. The van der Waals surface area contributed by atoms with Gasteiger partial charge in [-0.1, -0.05) is 18.2 Å². The lowest BCUT2D eigenvalue weighted by molar-refractivity contribution is -0.117. The molecule has 31 heavy (non-hydrogen) atoms. The van der Waals surface area contributed by atoms with Crippen LogP contribution in [0.4, 0.5) is 17.2 Å². The minimum Gasteiger partial charge on any atom is -0.368 e. The molecule has 0 N–H and O–H groups in total. The Hall–Kier alpha value is -3.07. The van der Waals surface area contributed by atoms with Crippen molar-refractivity contribution in [1.82, 2.24) is 4.98 Å². The molecule has 0 atom stereocenters. The summed E-state index contributed by atoms with van der Waals surface area (Å²) in [6, 6.07) is 17.3. The lowest BCUT2D eigenvalue weighted by Gasteiger charge is -2.44. The molecule has 1 amide bonds. The molecule has 2 saturated carbocycles. The minimum absolute atomic E-state index is 0.0841. The van der Waals surface area contributed by atoms with E-state index < -0.39 is 0 Å². The van der Waals surface area contributed by atoms with Gasteiger partial charge in [0.25, 0.3) is 0 Å². The molecule has 0 saturated heterocycles. The van der Waals surface area contributed by atoms with Gasteiger partial charge in [-0.05, 0) is 68.7 Å². The number of nitrogens with zero attached hydrogens (tertiary/aromatic N) is 5. The van der Waals surface area contributed by atoms with Crippen LogP contribution in [0, 0.1) is 17.2 Å².